The molecular formula is C12H11FN4O4. The summed E-state index contributed by atoms with van der Waals surface area (Å²) in [5, 5.41) is 10.6. The Morgan fingerprint density at radius 3 is 2.71 bits per heavy atom. The van der Waals surface area contributed by atoms with Crippen molar-refractivity contribution in [1.82, 2.24) is 9.55 Å². The molecular weight excluding hydrogens is 283 g/mol. The van der Waals surface area contributed by atoms with Gasteiger partial charge in [0.1, 0.15) is 11.6 Å². The van der Waals surface area contributed by atoms with E-state index in [0.29, 0.717) is 5.82 Å². The molecule has 0 aliphatic heterocycles. The van der Waals surface area contributed by atoms with Crippen LogP contribution in [0.4, 0.5) is 15.9 Å². The number of nitrogens with zero attached hydrogens (tertiary/aromatic N) is 3. The van der Waals surface area contributed by atoms with E-state index in [4.69, 9.17) is 5.73 Å². The zero-order valence-electron chi connectivity index (χ0n) is 11.2. The molecule has 2 rings (SSSR count). The van der Waals surface area contributed by atoms with Crippen molar-refractivity contribution in [3.63, 3.8) is 0 Å². The van der Waals surface area contributed by atoms with E-state index < -0.39 is 22.4 Å². The van der Waals surface area contributed by atoms with E-state index in [1.54, 1.807) is 6.92 Å². The number of rotatable bonds is 3. The monoisotopic (exact) mass is 294 g/mol. The summed E-state index contributed by atoms with van der Waals surface area (Å²) in [6.45, 7) is 1.56. The summed E-state index contributed by atoms with van der Waals surface area (Å²) in [6, 6.07) is 3.28. The molecule has 0 aliphatic carbocycles. The van der Waals surface area contributed by atoms with Crippen molar-refractivity contribution < 1.29 is 18.8 Å². The maximum atomic E-state index is 13.7. The number of imidazole rings is 1. The van der Waals surface area contributed by atoms with Crippen LogP contribution < -0.4 is 5.73 Å². The Labute approximate surface area is 118 Å². The molecule has 2 aromatic rings. The van der Waals surface area contributed by atoms with E-state index in [0.717, 1.165) is 12.1 Å². The number of carbonyl (C=O) groups is 1. The summed E-state index contributed by atoms with van der Waals surface area (Å²) < 4.78 is 19.5. The molecule has 0 spiro atoms. The van der Waals surface area contributed by atoms with Crippen LogP contribution in [0.5, 0.6) is 0 Å². The predicted molar refractivity (Wildman–Crippen MR) is 70.7 cm³/mol. The zero-order valence-corrected chi connectivity index (χ0v) is 11.2. The molecule has 0 fully saturated rings. The largest absolute Gasteiger partial charge is 0.464 e. The van der Waals surface area contributed by atoms with Gasteiger partial charge in [-0.1, -0.05) is 0 Å². The van der Waals surface area contributed by atoms with E-state index in [1.807, 2.05) is 0 Å². The molecule has 1 aromatic carbocycles. The topological polar surface area (TPSA) is 113 Å². The van der Waals surface area contributed by atoms with Gasteiger partial charge in [-0.3, -0.25) is 14.7 Å². The van der Waals surface area contributed by atoms with E-state index in [-0.39, 0.29) is 17.2 Å². The first kappa shape index (κ1) is 14.4. The molecule has 1 aromatic heterocycles. The number of anilines is 1. The SMILES string of the molecule is COC(=O)c1nc(C)n(-c2ccc([N+](=O)[O-])c(F)c2)c1N. The normalized spacial score (nSPS) is 10.4. The molecule has 21 heavy (non-hydrogen) atoms. The summed E-state index contributed by atoms with van der Waals surface area (Å²) in [7, 11) is 1.18. The highest BCUT2D eigenvalue weighted by atomic mass is 19.1. The van der Waals surface area contributed by atoms with E-state index >= 15 is 0 Å². The van der Waals surface area contributed by atoms with Gasteiger partial charge in [0.05, 0.1) is 17.7 Å². The summed E-state index contributed by atoms with van der Waals surface area (Å²) in [5.41, 5.74) is 5.27. The second kappa shape index (κ2) is 5.19. The van der Waals surface area contributed by atoms with Crippen molar-refractivity contribution in [1.29, 1.82) is 0 Å². The molecule has 0 amide bonds. The van der Waals surface area contributed by atoms with Gasteiger partial charge in [0.25, 0.3) is 0 Å². The summed E-state index contributed by atoms with van der Waals surface area (Å²) in [5.74, 6) is -1.45. The number of nitrogen functional groups attached to an aromatic ring is 1. The third-order valence-electron chi connectivity index (χ3n) is 2.85. The smallest absolute Gasteiger partial charge is 0.360 e. The minimum absolute atomic E-state index is 0.0346. The van der Waals surface area contributed by atoms with Gasteiger partial charge in [-0.05, 0) is 13.0 Å². The van der Waals surface area contributed by atoms with Crippen molar-refractivity contribution in [2.45, 2.75) is 6.92 Å². The molecule has 0 saturated heterocycles. The highest BCUT2D eigenvalue weighted by Crippen LogP contribution is 2.25. The molecule has 0 radical (unpaired) electrons. The van der Waals surface area contributed by atoms with Crippen LogP contribution in [0, 0.1) is 22.9 Å². The third-order valence-corrected chi connectivity index (χ3v) is 2.85. The first-order chi connectivity index (χ1) is 9.86. The van der Waals surface area contributed by atoms with Crippen LogP contribution >= 0.6 is 0 Å². The van der Waals surface area contributed by atoms with E-state index in [1.165, 1.54) is 17.7 Å². The number of carbonyl (C=O) groups excluding carboxylic acids is 1. The fourth-order valence-corrected chi connectivity index (χ4v) is 1.91. The second-order valence-corrected chi connectivity index (χ2v) is 4.11. The number of nitro benzene ring substituents is 1. The fraction of sp³-hybridized carbons (Fsp3) is 0.167. The molecule has 2 N–H and O–H groups in total. The van der Waals surface area contributed by atoms with Crippen LogP contribution in [0.15, 0.2) is 18.2 Å². The van der Waals surface area contributed by atoms with Gasteiger partial charge in [-0.2, -0.15) is 4.39 Å². The van der Waals surface area contributed by atoms with Gasteiger partial charge in [-0.15, -0.1) is 0 Å². The molecule has 0 saturated carbocycles. The maximum Gasteiger partial charge on any atom is 0.360 e. The van der Waals surface area contributed by atoms with Crippen molar-refractivity contribution in [2.75, 3.05) is 12.8 Å². The lowest BCUT2D eigenvalue weighted by molar-refractivity contribution is -0.387. The third kappa shape index (κ3) is 2.40. The number of hydrogen-bond donors (Lipinski definition) is 1. The van der Waals surface area contributed by atoms with Gasteiger partial charge in [-0.25, -0.2) is 9.78 Å². The number of aryl methyl sites for hydroxylation is 1. The van der Waals surface area contributed by atoms with E-state index in [9.17, 15) is 19.3 Å². The molecule has 0 unspecified atom stereocenters. The number of nitro groups is 1. The average molecular weight is 294 g/mol. The number of methoxy groups -OCH3 is 1. The molecule has 9 heteroatoms. The quantitative estimate of drug-likeness (QED) is 0.522. The number of aromatic nitrogens is 2. The van der Waals surface area contributed by atoms with Crippen LogP contribution in [-0.4, -0.2) is 27.6 Å². The van der Waals surface area contributed by atoms with Crippen LogP contribution in [0.25, 0.3) is 5.69 Å². The molecule has 0 aliphatic rings. The predicted octanol–water partition coefficient (Wildman–Crippen LogP) is 1.60. The Balaban J connectivity index is 2.57. The van der Waals surface area contributed by atoms with Gasteiger partial charge < -0.3 is 10.5 Å². The number of benzene rings is 1. The number of nitrogens with two attached hydrogens (primary N) is 1. The first-order valence-corrected chi connectivity index (χ1v) is 5.74. The minimum atomic E-state index is -1.01. The summed E-state index contributed by atoms with van der Waals surface area (Å²) in [4.78, 5) is 25.2. The Morgan fingerprint density at radius 1 is 1.52 bits per heavy atom. The second-order valence-electron chi connectivity index (χ2n) is 4.11. The van der Waals surface area contributed by atoms with Crippen molar-refractivity contribution in [3.05, 3.63) is 45.6 Å². The summed E-state index contributed by atoms with van der Waals surface area (Å²) >= 11 is 0. The Bertz CT molecular complexity index is 741. The van der Waals surface area contributed by atoms with Crippen LogP contribution in [0.1, 0.15) is 16.3 Å². The molecule has 0 bridgehead atoms. The number of hydrogen-bond acceptors (Lipinski definition) is 6. The van der Waals surface area contributed by atoms with Gasteiger partial charge in [0.2, 0.25) is 5.82 Å². The fourth-order valence-electron chi connectivity index (χ4n) is 1.91. The Hall–Kier alpha value is -2.97. The van der Waals surface area contributed by atoms with Crippen molar-refractivity contribution in [3.8, 4) is 5.69 Å². The van der Waals surface area contributed by atoms with Crippen molar-refractivity contribution in [2.24, 2.45) is 0 Å². The minimum Gasteiger partial charge on any atom is -0.464 e. The van der Waals surface area contributed by atoms with Gasteiger partial charge >= 0.3 is 11.7 Å². The van der Waals surface area contributed by atoms with Crippen LogP contribution in [0.3, 0.4) is 0 Å². The maximum absolute atomic E-state index is 13.7. The van der Waals surface area contributed by atoms with Gasteiger partial charge in [0.15, 0.2) is 5.69 Å². The molecule has 110 valence electrons. The highest BCUT2D eigenvalue weighted by Gasteiger charge is 2.22. The first-order valence-electron chi connectivity index (χ1n) is 5.74. The summed E-state index contributed by atoms with van der Waals surface area (Å²) in [6.07, 6.45) is 0. The Kier molecular flexibility index (Phi) is 3.57. The highest BCUT2D eigenvalue weighted by molar-refractivity contribution is 5.92. The molecule has 0 atom stereocenters. The average Bonchev–Trinajstić information content (AvgIpc) is 2.72. The lowest BCUT2D eigenvalue weighted by Gasteiger charge is -2.07. The number of esters is 1. The number of ether oxygens (including phenoxy) is 1. The van der Waals surface area contributed by atoms with Crippen molar-refractivity contribution >= 4 is 17.5 Å². The van der Waals surface area contributed by atoms with Crippen LogP contribution in [-0.2, 0) is 4.74 Å². The van der Waals surface area contributed by atoms with Gasteiger partial charge in [0, 0.05) is 12.1 Å². The lowest BCUT2D eigenvalue weighted by atomic mass is 10.2. The number of halogens is 1. The standard InChI is InChI=1S/C12H11FN4O4/c1-6-15-10(12(18)21-2)11(14)16(6)7-3-4-9(17(19)20)8(13)5-7/h3-5H,14H2,1-2H3. The molecule has 8 nitrogen and oxygen atoms in total. The zero-order chi connectivity index (χ0) is 15.7. The lowest BCUT2D eigenvalue weighted by Crippen LogP contribution is -2.08. The Morgan fingerprint density at radius 2 is 2.19 bits per heavy atom. The van der Waals surface area contributed by atoms with Crippen LogP contribution in [0.2, 0.25) is 0 Å². The molecule has 1 heterocycles. The van der Waals surface area contributed by atoms with E-state index in [2.05, 4.69) is 9.72 Å².